The third-order valence-corrected chi connectivity index (χ3v) is 5.16. The SMILES string of the molecule is CCn1ccnc1CNCC1(O)CCCN(Cc2cc(OC)ccc2F)C1=O. The van der Waals surface area contributed by atoms with Gasteiger partial charge in [0.1, 0.15) is 17.4 Å². The van der Waals surface area contributed by atoms with E-state index in [-0.39, 0.29) is 19.0 Å². The smallest absolute Gasteiger partial charge is 0.256 e. The number of likely N-dealkylation sites (tertiary alicyclic amines) is 1. The molecule has 1 aliphatic heterocycles. The Morgan fingerprint density at radius 2 is 2.25 bits per heavy atom. The van der Waals surface area contributed by atoms with Crippen LogP contribution >= 0.6 is 0 Å². The molecule has 0 bridgehead atoms. The Kier molecular flexibility index (Phi) is 6.31. The van der Waals surface area contributed by atoms with Gasteiger partial charge in [-0.3, -0.25) is 4.79 Å². The quantitative estimate of drug-likeness (QED) is 0.717. The molecule has 1 unspecified atom stereocenters. The molecule has 1 aromatic carbocycles. The van der Waals surface area contributed by atoms with Crippen LogP contribution in [0.1, 0.15) is 31.2 Å². The van der Waals surface area contributed by atoms with Gasteiger partial charge in [0.2, 0.25) is 0 Å². The molecule has 28 heavy (non-hydrogen) atoms. The first-order valence-corrected chi connectivity index (χ1v) is 9.51. The topological polar surface area (TPSA) is 79.6 Å². The van der Waals surface area contributed by atoms with Crippen molar-refractivity contribution in [2.24, 2.45) is 0 Å². The highest BCUT2D eigenvalue weighted by Crippen LogP contribution is 2.26. The lowest BCUT2D eigenvalue weighted by Crippen LogP contribution is -2.57. The van der Waals surface area contributed by atoms with Gasteiger partial charge >= 0.3 is 0 Å². The molecule has 2 N–H and O–H groups in total. The second-order valence-corrected chi connectivity index (χ2v) is 7.05. The molecule has 7 nitrogen and oxygen atoms in total. The van der Waals surface area contributed by atoms with Gasteiger partial charge < -0.3 is 24.6 Å². The lowest BCUT2D eigenvalue weighted by molar-refractivity contribution is -0.157. The van der Waals surface area contributed by atoms with Crippen LogP contribution in [0.3, 0.4) is 0 Å². The Morgan fingerprint density at radius 1 is 1.43 bits per heavy atom. The molecule has 1 saturated heterocycles. The lowest BCUT2D eigenvalue weighted by Gasteiger charge is -2.38. The van der Waals surface area contributed by atoms with E-state index in [1.807, 2.05) is 17.7 Å². The Labute approximate surface area is 164 Å². The molecule has 2 aromatic rings. The second kappa shape index (κ2) is 8.70. The number of rotatable bonds is 8. The van der Waals surface area contributed by atoms with E-state index in [2.05, 4.69) is 10.3 Å². The summed E-state index contributed by atoms with van der Waals surface area (Å²) in [7, 11) is 1.51. The number of hydrogen-bond donors (Lipinski definition) is 2. The molecule has 2 heterocycles. The van der Waals surface area contributed by atoms with Crippen LogP contribution in [0.5, 0.6) is 5.75 Å². The monoisotopic (exact) mass is 390 g/mol. The highest BCUT2D eigenvalue weighted by molar-refractivity contribution is 5.86. The van der Waals surface area contributed by atoms with Crippen LogP contribution in [0.15, 0.2) is 30.6 Å². The summed E-state index contributed by atoms with van der Waals surface area (Å²) in [6, 6.07) is 4.45. The minimum atomic E-state index is -1.50. The van der Waals surface area contributed by atoms with Crippen molar-refractivity contribution in [3.63, 3.8) is 0 Å². The van der Waals surface area contributed by atoms with Crippen molar-refractivity contribution in [2.75, 3.05) is 20.2 Å². The van der Waals surface area contributed by atoms with Gasteiger partial charge in [-0.15, -0.1) is 0 Å². The van der Waals surface area contributed by atoms with Crippen LogP contribution in [-0.2, 0) is 24.4 Å². The summed E-state index contributed by atoms with van der Waals surface area (Å²) in [4.78, 5) is 18.7. The number of ether oxygens (including phenoxy) is 1. The number of aromatic nitrogens is 2. The molecule has 152 valence electrons. The minimum absolute atomic E-state index is 0.102. The third kappa shape index (κ3) is 4.34. The summed E-state index contributed by atoms with van der Waals surface area (Å²) >= 11 is 0. The number of nitrogens with zero attached hydrogens (tertiary/aromatic N) is 3. The van der Waals surface area contributed by atoms with Crippen LogP contribution in [0.25, 0.3) is 0 Å². The van der Waals surface area contributed by atoms with Crippen LogP contribution < -0.4 is 10.1 Å². The predicted octanol–water partition coefficient (Wildman–Crippen LogP) is 1.69. The fourth-order valence-electron chi connectivity index (χ4n) is 3.56. The van der Waals surface area contributed by atoms with Gasteiger partial charge in [-0.05, 0) is 38.0 Å². The average molecular weight is 390 g/mol. The number of halogens is 1. The Balaban J connectivity index is 1.64. The van der Waals surface area contributed by atoms with Gasteiger partial charge in [-0.1, -0.05) is 0 Å². The third-order valence-electron chi connectivity index (χ3n) is 5.16. The molecule has 0 aliphatic carbocycles. The summed E-state index contributed by atoms with van der Waals surface area (Å²) in [5, 5.41) is 14.1. The fourth-order valence-corrected chi connectivity index (χ4v) is 3.56. The van der Waals surface area contributed by atoms with Crippen molar-refractivity contribution >= 4 is 5.91 Å². The first-order valence-electron chi connectivity index (χ1n) is 9.51. The van der Waals surface area contributed by atoms with Crippen LogP contribution in [-0.4, -0.2) is 51.3 Å². The Morgan fingerprint density at radius 3 is 3.00 bits per heavy atom. The number of carbonyl (C=O) groups is 1. The van der Waals surface area contributed by atoms with E-state index in [1.165, 1.54) is 24.1 Å². The molecule has 1 aliphatic rings. The van der Waals surface area contributed by atoms with E-state index < -0.39 is 11.4 Å². The number of benzene rings is 1. The van der Waals surface area contributed by atoms with E-state index in [0.29, 0.717) is 37.2 Å². The second-order valence-electron chi connectivity index (χ2n) is 7.05. The zero-order valence-corrected chi connectivity index (χ0v) is 16.3. The molecule has 1 aromatic heterocycles. The number of aliphatic hydroxyl groups is 1. The molecular formula is C20H27FN4O3. The van der Waals surface area contributed by atoms with Crippen molar-refractivity contribution in [3.8, 4) is 5.75 Å². The maximum absolute atomic E-state index is 14.1. The Bertz CT molecular complexity index is 826. The minimum Gasteiger partial charge on any atom is -0.497 e. The lowest BCUT2D eigenvalue weighted by atomic mass is 9.91. The van der Waals surface area contributed by atoms with Crippen LogP contribution in [0.4, 0.5) is 4.39 Å². The van der Waals surface area contributed by atoms with E-state index in [4.69, 9.17) is 4.74 Å². The maximum atomic E-state index is 14.1. The summed E-state index contributed by atoms with van der Waals surface area (Å²) in [5.74, 6) is 0.605. The number of piperidine rings is 1. The van der Waals surface area contributed by atoms with Gasteiger partial charge in [-0.2, -0.15) is 0 Å². The van der Waals surface area contributed by atoms with Crippen molar-refractivity contribution < 1.29 is 19.0 Å². The van der Waals surface area contributed by atoms with Gasteiger partial charge in [0.15, 0.2) is 5.60 Å². The van der Waals surface area contributed by atoms with Crippen molar-refractivity contribution in [1.29, 1.82) is 0 Å². The summed E-state index contributed by atoms with van der Waals surface area (Å²) < 4.78 is 21.3. The standard InChI is InChI=1S/C20H27FN4O3/c1-3-24-10-8-23-18(24)12-22-14-20(27)7-4-9-25(19(20)26)13-15-11-16(28-2)5-6-17(15)21/h5-6,8,10-11,22,27H,3-4,7,9,12-14H2,1-2H3. The zero-order valence-electron chi connectivity index (χ0n) is 16.3. The fraction of sp³-hybridized carbons (Fsp3) is 0.500. The molecule has 1 atom stereocenters. The van der Waals surface area contributed by atoms with E-state index in [0.717, 1.165) is 12.4 Å². The number of methoxy groups -OCH3 is 1. The van der Waals surface area contributed by atoms with E-state index in [1.54, 1.807) is 12.3 Å². The summed E-state index contributed by atoms with van der Waals surface area (Å²) in [6.45, 7) is 4.00. The van der Waals surface area contributed by atoms with Crippen molar-refractivity contribution in [1.82, 2.24) is 19.8 Å². The molecule has 0 radical (unpaired) electrons. The molecule has 0 spiro atoms. The molecule has 0 saturated carbocycles. The average Bonchev–Trinajstić information content (AvgIpc) is 3.15. The first-order chi connectivity index (χ1) is 13.5. The number of imidazole rings is 1. The number of carbonyl (C=O) groups excluding carboxylic acids is 1. The number of hydrogen-bond acceptors (Lipinski definition) is 5. The predicted molar refractivity (Wildman–Crippen MR) is 102 cm³/mol. The highest BCUT2D eigenvalue weighted by atomic mass is 19.1. The normalized spacial score (nSPS) is 19.9. The maximum Gasteiger partial charge on any atom is 0.256 e. The Hall–Kier alpha value is -2.45. The number of aryl methyl sites for hydroxylation is 1. The zero-order chi connectivity index (χ0) is 20.1. The first kappa shape index (κ1) is 20.3. The van der Waals surface area contributed by atoms with Gasteiger partial charge in [0, 0.05) is 44.1 Å². The summed E-state index contributed by atoms with van der Waals surface area (Å²) in [5.41, 5.74) is -1.13. The molecule has 3 rings (SSSR count). The molecule has 1 fully saturated rings. The largest absolute Gasteiger partial charge is 0.497 e. The highest BCUT2D eigenvalue weighted by Gasteiger charge is 2.42. The molecule has 1 amide bonds. The van der Waals surface area contributed by atoms with Gasteiger partial charge in [-0.25, -0.2) is 9.37 Å². The van der Waals surface area contributed by atoms with Gasteiger partial charge in [0.25, 0.3) is 5.91 Å². The van der Waals surface area contributed by atoms with Crippen molar-refractivity contribution in [3.05, 3.63) is 47.8 Å². The van der Waals surface area contributed by atoms with Crippen molar-refractivity contribution in [2.45, 2.75) is 45.0 Å². The molecular weight excluding hydrogens is 363 g/mol. The van der Waals surface area contributed by atoms with E-state index >= 15 is 0 Å². The van der Waals surface area contributed by atoms with Crippen LogP contribution in [0, 0.1) is 5.82 Å². The van der Waals surface area contributed by atoms with E-state index in [9.17, 15) is 14.3 Å². The summed E-state index contributed by atoms with van der Waals surface area (Å²) in [6.07, 6.45) is 4.64. The number of nitrogens with one attached hydrogen (secondary N) is 1. The van der Waals surface area contributed by atoms with Gasteiger partial charge in [0.05, 0.1) is 13.7 Å². The van der Waals surface area contributed by atoms with Crippen LogP contribution in [0.2, 0.25) is 0 Å². The molecule has 8 heteroatoms. The number of amides is 1.